The molecule has 0 aliphatic rings. The second-order valence-electron chi connectivity index (χ2n) is 4.69. The molecule has 9 heteroatoms. The Morgan fingerprint density at radius 1 is 1.21 bits per heavy atom. The van der Waals surface area contributed by atoms with Crippen molar-refractivity contribution < 1.29 is 23.9 Å². The first kappa shape index (κ1) is 17.5. The van der Waals surface area contributed by atoms with Gasteiger partial charge in [-0.15, -0.1) is 11.3 Å². The van der Waals surface area contributed by atoms with E-state index in [1.807, 2.05) is 6.92 Å². The summed E-state index contributed by atoms with van der Waals surface area (Å²) in [5.41, 5.74) is 1.04. The fraction of sp³-hybridized carbons (Fsp3) is 0.267. The number of nitrogens with zero attached hydrogens (tertiary/aromatic N) is 2. The van der Waals surface area contributed by atoms with Crippen LogP contribution >= 0.6 is 11.3 Å². The standard InChI is InChI=1S/C15H15N3O5S/c1-8-9(2)24-13(12(8)15(21)22-3)18-11(19)7-23-14(20)10-6-16-4-5-17-10/h4-6H,7H2,1-3H3,(H,18,19). The van der Waals surface area contributed by atoms with Crippen molar-refractivity contribution in [3.8, 4) is 0 Å². The summed E-state index contributed by atoms with van der Waals surface area (Å²) in [6.07, 6.45) is 4.00. The maximum Gasteiger partial charge on any atom is 0.359 e. The molecule has 0 aromatic carbocycles. The average molecular weight is 349 g/mol. The van der Waals surface area contributed by atoms with Crippen LogP contribution in [0.5, 0.6) is 0 Å². The van der Waals surface area contributed by atoms with E-state index in [0.717, 1.165) is 10.4 Å². The number of hydrogen-bond acceptors (Lipinski definition) is 8. The van der Waals surface area contributed by atoms with Crippen molar-refractivity contribution in [1.29, 1.82) is 0 Å². The summed E-state index contributed by atoms with van der Waals surface area (Å²) in [4.78, 5) is 43.9. The first-order valence-corrected chi connectivity index (χ1v) is 7.67. The molecule has 2 heterocycles. The second-order valence-corrected chi connectivity index (χ2v) is 5.92. The summed E-state index contributed by atoms with van der Waals surface area (Å²) in [6.45, 7) is 3.09. The van der Waals surface area contributed by atoms with Crippen molar-refractivity contribution in [2.24, 2.45) is 0 Å². The normalized spacial score (nSPS) is 10.1. The van der Waals surface area contributed by atoms with E-state index in [1.54, 1.807) is 6.92 Å². The van der Waals surface area contributed by atoms with Crippen LogP contribution in [0.15, 0.2) is 18.6 Å². The van der Waals surface area contributed by atoms with Crippen LogP contribution < -0.4 is 5.32 Å². The van der Waals surface area contributed by atoms with Gasteiger partial charge < -0.3 is 14.8 Å². The molecule has 0 unspecified atom stereocenters. The smallest absolute Gasteiger partial charge is 0.359 e. The van der Waals surface area contributed by atoms with Crippen molar-refractivity contribution in [3.63, 3.8) is 0 Å². The number of carbonyl (C=O) groups excluding carboxylic acids is 3. The number of thiophene rings is 1. The molecule has 2 rings (SSSR count). The molecule has 0 aliphatic heterocycles. The fourth-order valence-corrected chi connectivity index (χ4v) is 2.90. The van der Waals surface area contributed by atoms with Crippen molar-refractivity contribution in [2.75, 3.05) is 19.0 Å². The van der Waals surface area contributed by atoms with Crippen molar-refractivity contribution in [3.05, 3.63) is 40.3 Å². The number of nitrogens with one attached hydrogen (secondary N) is 1. The monoisotopic (exact) mass is 349 g/mol. The highest BCUT2D eigenvalue weighted by Gasteiger charge is 2.22. The molecule has 0 radical (unpaired) electrons. The molecular weight excluding hydrogens is 334 g/mol. The highest BCUT2D eigenvalue weighted by Crippen LogP contribution is 2.32. The van der Waals surface area contributed by atoms with Crippen molar-refractivity contribution in [2.45, 2.75) is 13.8 Å². The topological polar surface area (TPSA) is 107 Å². The van der Waals surface area contributed by atoms with Gasteiger partial charge in [-0.2, -0.15) is 0 Å². The van der Waals surface area contributed by atoms with Gasteiger partial charge in [0.05, 0.1) is 18.9 Å². The Balaban J connectivity index is 2.02. The molecule has 0 spiro atoms. The molecule has 0 bridgehead atoms. The summed E-state index contributed by atoms with van der Waals surface area (Å²) < 4.78 is 9.59. The molecule has 0 saturated carbocycles. The Morgan fingerprint density at radius 3 is 2.58 bits per heavy atom. The summed E-state index contributed by atoms with van der Waals surface area (Å²) in [5.74, 6) is -1.87. The van der Waals surface area contributed by atoms with E-state index >= 15 is 0 Å². The third-order valence-electron chi connectivity index (χ3n) is 3.13. The van der Waals surface area contributed by atoms with Crippen molar-refractivity contribution >= 4 is 34.2 Å². The molecule has 2 aromatic heterocycles. The molecule has 0 atom stereocenters. The highest BCUT2D eigenvalue weighted by atomic mass is 32.1. The molecule has 24 heavy (non-hydrogen) atoms. The van der Waals surface area contributed by atoms with Crippen LogP contribution in [0, 0.1) is 13.8 Å². The van der Waals surface area contributed by atoms with Gasteiger partial charge in [-0.05, 0) is 19.4 Å². The minimum absolute atomic E-state index is 0.00311. The Kier molecular flexibility index (Phi) is 5.59. The van der Waals surface area contributed by atoms with E-state index in [-0.39, 0.29) is 5.69 Å². The molecule has 0 aliphatic carbocycles. The molecular formula is C15H15N3O5S. The molecule has 8 nitrogen and oxygen atoms in total. The number of rotatable bonds is 5. The predicted molar refractivity (Wildman–Crippen MR) is 86.1 cm³/mol. The number of amides is 1. The molecule has 1 N–H and O–H groups in total. The second kappa shape index (κ2) is 7.64. The third-order valence-corrected chi connectivity index (χ3v) is 4.26. The summed E-state index contributed by atoms with van der Waals surface area (Å²) >= 11 is 1.25. The zero-order chi connectivity index (χ0) is 17.7. The van der Waals surface area contributed by atoms with Gasteiger partial charge >= 0.3 is 11.9 Å². The molecule has 126 valence electrons. The van der Waals surface area contributed by atoms with E-state index in [2.05, 4.69) is 15.3 Å². The van der Waals surface area contributed by atoms with E-state index in [9.17, 15) is 14.4 Å². The Hall–Kier alpha value is -2.81. The SMILES string of the molecule is COC(=O)c1c(NC(=O)COC(=O)c2cnccn2)sc(C)c1C. The van der Waals surface area contributed by atoms with Gasteiger partial charge in [0.1, 0.15) is 5.00 Å². The number of aryl methyl sites for hydroxylation is 1. The van der Waals surface area contributed by atoms with Crippen LogP contribution in [0.25, 0.3) is 0 Å². The quantitative estimate of drug-likeness (QED) is 0.819. The Morgan fingerprint density at radius 2 is 1.96 bits per heavy atom. The van der Waals surface area contributed by atoms with E-state index in [4.69, 9.17) is 9.47 Å². The van der Waals surface area contributed by atoms with Gasteiger partial charge in [0.25, 0.3) is 5.91 Å². The average Bonchev–Trinajstić information content (AvgIpc) is 2.86. The molecule has 1 amide bonds. The lowest BCUT2D eigenvalue weighted by Crippen LogP contribution is -2.22. The first-order valence-electron chi connectivity index (χ1n) is 6.85. The Labute approximate surface area is 141 Å². The maximum atomic E-state index is 12.0. The van der Waals surface area contributed by atoms with Crippen LogP contribution in [0.3, 0.4) is 0 Å². The maximum absolute atomic E-state index is 12.0. The lowest BCUT2D eigenvalue weighted by molar-refractivity contribution is -0.119. The minimum atomic E-state index is -0.759. The van der Waals surface area contributed by atoms with Crippen LogP contribution in [0.2, 0.25) is 0 Å². The number of anilines is 1. The highest BCUT2D eigenvalue weighted by molar-refractivity contribution is 7.16. The van der Waals surface area contributed by atoms with Crippen LogP contribution in [0.1, 0.15) is 31.3 Å². The minimum Gasteiger partial charge on any atom is -0.465 e. The molecule has 0 saturated heterocycles. The van der Waals surface area contributed by atoms with E-state index in [1.165, 1.54) is 37.0 Å². The third kappa shape index (κ3) is 3.93. The molecule has 0 fully saturated rings. The summed E-state index contributed by atoms with van der Waals surface area (Å²) in [5, 5.41) is 2.92. The number of methoxy groups -OCH3 is 1. The predicted octanol–water partition coefficient (Wildman–Crippen LogP) is 1.74. The number of ether oxygens (including phenoxy) is 2. The zero-order valence-electron chi connectivity index (χ0n) is 13.3. The van der Waals surface area contributed by atoms with Crippen LogP contribution in [-0.4, -0.2) is 41.5 Å². The lowest BCUT2D eigenvalue weighted by Gasteiger charge is -2.07. The van der Waals surface area contributed by atoms with Gasteiger partial charge in [-0.25, -0.2) is 14.6 Å². The van der Waals surface area contributed by atoms with Gasteiger partial charge in [0.2, 0.25) is 0 Å². The van der Waals surface area contributed by atoms with Gasteiger partial charge in [-0.3, -0.25) is 9.78 Å². The van der Waals surface area contributed by atoms with Crippen molar-refractivity contribution in [1.82, 2.24) is 9.97 Å². The van der Waals surface area contributed by atoms with E-state index in [0.29, 0.717) is 10.6 Å². The Bertz CT molecular complexity index is 773. The van der Waals surface area contributed by atoms with Crippen LogP contribution in [0.4, 0.5) is 5.00 Å². The number of carbonyl (C=O) groups is 3. The zero-order valence-corrected chi connectivity index (χ0v) is 14.1. The van der Waals surface area contributed by atoms with E-state index < -0.39 is 24.5 Å². The number of esters is 2. The lowest BCUT2D eigenvalue weighted by atomic mass is 10.1. The van der Waals surface area contributed by atoms with Crippen LogP contribution in [-0.2, 0) is 14.3 Å². The molecule has 2 aromatic rings. The first-order chi connectivity index (χ1) is 11.4. The fourth-order valence-electron chi connectivity index (χ4n) is 1.84. The van der Waals surface area contributed by atoms with Gasteiger partial charge in [0, 0.05) is 17.3 Å². The van der Waals surface area contributed by atoms with Gasteiger partial charge in [-0.1, -0.05) is 0 Å². The van der Waals surface area contributed by atoms with Gasteiger partial charge in [0.15, 0.2) is 12.3 Å². The summed E-state index contributed by atoms with van der Waals surface area (Å²) in [7, 11) is 1.27. The largest absolute Gasteiger partial charge is 0.465 e. The number of hydrogen-bond donors (Lipinski definition) is 1. The number of aromatic nitrogens is 2. The summed E-state index contributed by atoms with van der Waals surface area (Å²) in [6, 6.07) is 0.